The summed E-state index contributed by atoms with van der Waals surface area (Å²) in [6.45, 7) is 15.5. The SMILES string of the molecule is CC.COCc1cn(CCC(C)(C)OCCC(C)(C)OCC(C)=O)nn1. The molecule has 7 heteroatoms. The molecule has 0 radical (unpaired) electrons. The summed E-state index contributed by atoms with van der Waals surface area (Å²) in [5, 5.41) is 8.12. The van der Waals surface area contributed by atoms with Crippen molar-refractivity contribution in [3.8, 4) is 0 Å². The highest BCUT2D eigenvalue weighted by Crippen LogP contribution is 2.20. The van der Waals surface area contributed by atoms with Crippen molar-refractivity contribution in [1.82, 2.24) is 15.0 Å². The lowest BCUT2D eigenvalue weighted by Gasteiger charge is -2.29. The Balaban J connectivity index is 0.00000301. The summed E-state index contributed by atoms with van der Waals surface area (Å²) in [6.07, 6.45) is 3.43. The summed E-state index contributed by atoms with van der Waals surface area (Å²) >= 11 is 0. The molecule has 0 aliphatic rings. The molecular weight excluding hydrogens is 334 g/mol. The second-order valence-corrected chi connectivity index (χ2v) is 7.26. The summed E-state index contributed by atoms with van der Waals surface area (Å²) in [6, 6.07) is 0. The lowest BCUT2D eigenvalue weighted by atomic mass is 10.0. The third-order valence-electron chi connectivity index (χ3n) is 3.68. The zero-order chi connectivity index (χ0) is 20.2. The van der Waals surface area contributed by atoms with Gasteiger partial charge in [-0.3, -0.25) is 9.48 Å². The molecule has 1 rings (SSSR count). The number of hydrogen-bond acceptors (Lipinski definition) is 6. The van der Waals surface area contributed by atoms with E-state index in [4.69, 9.17) is 14.2 Å². The third-order valence-corrected chi connectivity index (χ3v) is 3.68. The number of rotatable bonds is 12. The number of aryl methyl sites for hydroxylation is 1. The van der Waals surface area contributed by atoms with Crippen LogP contribution in [0.2, 0.25) is 0 Å². The topological polar surface area (TPSA) is 75.5 Å². The number of hydrogen-bond donors (Lipinski definition) is 0. The highest BCUT2D eigenvalue weighted by Gasteiger charge is 2.23. The summed E-state index contributed by atoms with van der Waals surface area (Å²) in [7, 11) is 1.64. The van der Waals surface area contributed by atoms with E-state index in [9.17, 15) is 4.79 Å². The van der Waals surface area contributed by atoms with Gasteiger partial charge in [0.1, 0.15) is 12.3 Å². The van der Waals surface area contributed by atoms with E-state index in [0.29, 0.717) is 13.2 Å². The molecule has 0 bridgehead atoms. The largest absolute Gasteiger partial charge is 0.378 e. The first-order chi connectivity index (χ1) is 12.1. The van der Waals surface area contributed by atoms with E-state index in [2.05, 4.69) is 24.2 Å². The van der Waals surface area contributed by atoms with E-state index in [1.165, 1.54) is 6.92 Å². The first-order valence-corrected chi connectivity index (χ1v) is 9.29. The van der Waals surface area contributed by atoms with Gasteiger partial charge in [-0.15, -0.1) is 5.10 Å². The van der Waals surface area contributed by atoms with Gasteiger partial charge in [-0.25, -0.2) is 0 Å². The molecule has 0 atom stereocenters. The number of ketones is 1. The molecule has 0 N–H and O–H groups in total. The fraction of sp³-hybridized carbons (Fsp3) is 0.842. The van der Waals surface area contributed by atoms with E-state index in [-0.39, 0.29) is 23.6 Å². The molecule has 0 saturated carbocycles. The van der Waals surface area contributed by atoms with Crippen LogP contribution in [0.4, 0.5) is 0 Å². The van der Waals surface area contributed by atoms with E-state index >= 15 is 0 Å². The molecule has 0 amide bonds. The van der Waals surface area contributed by atoms with Gasteiger partial charge in [0.05, 0.1) is 30.6 Å². The molecule has 0 fully saturated rings. The third kappa shape index (κ3) is 11.3. The van der Waals surface area contributed by atoms with Crippen LogP contribution < -0.4 is 0 Å². The van der Waals surface area contributed by atoms with E-state index in [1.807, 2.05) is 33.9 Å². The lowest BCUT2D eigenvalue weighted by Crippen LogP contribution is -2.32. The number of nitrogens with zero attached hydrogens (tertiary/aromatic N) is 3. The maximum atomic E-state index is 11.0. The molecule has 1 heterocycles. The Morgan fingerprint density at radius 1 is 1.12 bits per heavy atom. The van der Waals surface area contributed by atoms with Crippen LogP contribution in [0, 0.1) is 0 Å². The number of Topliss-reactive ketones (excluding diaryl/α,β-unsaturated/α-hetero) is 1. The predicted molar refractivity (Wildman–Crippen MR) is 102 cm³/mol. The molecule has 1 aromatic rings. The maximum Gasteiger partial charge on any atom is 0.155 e. The number of ether oxygens (including phenoxy) is 3. The molecule has 0 unspecified atom stereocenters. The van der Waals surface area contributed by atoms with Crippen molar-refractivity contribution in [2.75, 3.05) is 20.3 Å². The molecule has 152 valence electrons. The average molecular weight is 372 g/mol. The fourth-order valence-corrected chi connectivity index (χ4v) is 2.06. The van der Waals surface area contributed by atoms with Crippen LogP contribution in [0.5, 0.6) is 0 Å². The molecule has 1 aromatic heterocycles. The van der Waals surface area contributed by atoms with Crippen molar-refractivity contribution in [1.29, 1.82) is 0 Å². The predicted octanol–water partition coefficient (Wildman–Crippen LogP) is 3.41. The Bertz CT molecular complexity index is 513. The molecule has 7 nitrogen and oxygen atoms in total. The van der Waals surface area contributed by atoms with Crippen molar-refractivity contribution in [3.05, 3.63) is 11.9 Å². The van der Waals surface area contributed by atoms with Gasteiger partial charge in [-0.05, 0) is 47.5 Å². The minimum Gasteiger partial charge on any atom is -0.378 e. The first-order valence-electron chi connectivity index (χ1n) is 9.29. The van der Waals surface area contributed by atoms with Crippen LogP contribution in [0.15, 0.2) is 6.20 Å². The van der Waals surface area contributed by atoms with E-state index in [1.54, 1.807) is 11.8 Å². The molecule has 0 saturated heterocycles. The van der Waals surface area contributed by atoms with E-state index < -0.39 is 0 Å². The zero-order valence-electron chi connectivity index (χ0n) is 17.8. The second kappa shape index (κ2) is 12.1. The van der Waals surface area contributed by atoms with Crippen LogP contribution in [0.25, 0.3) is 0 Å². The van der Waals surface area contributed by atoms with Crippen molar-refractivity contribution in [2.45, 2.75) is 85.7 Å². The van der Waals surface area contributed by atoms with Gasteiger partial charge in [-0.2, -0.15) is 0 Å². The van der Waals surface area contributed by atoms with Gasteiger partial charge in [0.2, 0.25) is 0 Å². The molecular formula is C19H37N3O4. The fourth-order valence-electron chi connectivity index (χ4n) is 2.06. The van der Waals surface area contributed by atoms with E-state index in [0.717, 1.165) is 25.1 Å². The van der Waals surface area contributed by atoms with Crippen molar-refractivity contribution >= 4 is 5.78 Å². The van der Waals surface area contributed by atoms with Gasteiger partial charge in [0.25, 0.3) is 0 Å². The van der Waals surface area contributed by atoms with Gasteiger partial charge in [0.15, 0.2) is 5.78 Å². The minimum absolute atomic E-state index is 0.0324. The molecule has 0 spiro atoms. The maximum absolute atomic E-state index is 11.0. The smallest absolute Gasteiger partial charge is 0.155 e. The lowest BCUT2D eigenvalue weighted by molar-refractivity contribution is -0.129. The van der Waals surface area contributed by atoms with Gasteiger partial charge in [0, 0.05) is 13.7 Å². The molecule has 0 aromatic carbocycles. The molecule has 0 aliphatic heterocycles. The number of methoxy groups -OCH3 is 1. The quantitative estimate of drug-likeness (QED) is 0.560. The van der Waals surface area contributed by atoms with Crippen molar-refractivity contribution < 1.29 is 19.0 Å². The first kappa shape index (κ1) is 24.7. The van der Waals surface area contributed by atoms with Crippen LogP contribution in [-0.4, -0.2) is 52.3 Å². The average Bonchev–Trinajstić information content (AvgIpc) is 3.01. The number of carbonyl (C=O) groups excluding carboxylic acids is 1. The number of carbonyl (C=O) groups is 1. The minimum atomic E-state index is -0.372. The molecule has 0 aliphatic carbocycles. The second-order valence-electron chi connectivity index (χ2n) is 7.26. The summed E-state index contributed by atoms with van der Waals surface area (Å²) in [5.41, 5.74) is 0.174. The zero-order valence-corrected chi connectivity index (χ0v) is 17.8. The van der Waals surface area contributed by atoms with Crippen LogP contribution in [0.1, 0.15) is 67.0 Å². The number of aromatic nitrogens is 3. The van der Waals surface area contributed by atoms with Gasteiger partial charge >= 0.3 is 0 Å². The Morgan fingerprint density at radius 2 is 1.73 bits per heavy atom. The summed E-state index contributed by atoms with van der Waals surface area (Å²) in [4.78, 5) is 11.0. The van der Waals surface area contributed by atoms with Crippen LogP contribution >= 0.6 is 0 Å². The van der Waals surface area contributed by atoms with Crippen molar-refractivity contribution in [2.24, 2.45) is 0 Å². The van der Waals surface area contributed by atoms with Crippen LogP contribution in [-0.2, 0) is 32.2 Å². The highest BCUT2D eigenvalue weighted by atomic mass is 16.5. The Kier molecular flexibility index (Phi) is 11.5. The summed E-state index contributed by atoms with van der Waals surface area (Å²) in [5.74, 6) is 0.0324. The van der Waals surface area contributed by atoms with Crippen LogP contribution in [0.3, 0.4) is 0 Å². The molecule has 26 heavy (non-hydrogen) atoms. The monoisotopic (exact) mass is 371 g/mol. The Labute approximate surface area is 158 Å². The standard InChI is InChI=1S/C17H31N3O4.C2H6/c1-14(21)12-24-17(4,5)8-10-23-16(2,3)7-9-20-11-15(13-22-6)18-19-20;1-2/h11H,7-10,12-13H2,1-6H3;1-2H3. The Morgan fingerprint density at radius 3 is 2.31 bits per heavy atom. The highest BCUT2D eigenvalue weighted by molar-refractivity contribution is 5.76. The summed E-state index contributed by atoms with van der Waals surface area (Å²) < 4.78 is 18.4. The normalized spacial score (nSPS) is 11.8. The van der Waals surface area contributed by atoms with Gasteiger partial charge in [-0.1, -0.05) is 19.1 Å². The Hall–Kier alpha value is -1.31. The van der Waals surface area contributed by atoms with Crippen molar-refractivity contribution in [3.63, 3.8) is 0 Å². The van der Waals surface area contributed by atoms with Gasteiger partial charge < -0.3 is 14.2 Å².